The van der Waals surface area contributed by atoms with E-state index in [0.717, 1.165) is 43.7 Å². The molecular formula is C17H14Br2N2O2. The van der Waals surface area contributed by atoms with E-state index in [4.69, 9.17) is 14.6 Å². The van der Waals surface area contributed by atoms with Gasteiger partial charge in [-0.1, -0.05) is 15.9 Å². The Morgan fingerprint density at radius 1 is 1.22 bits per heavy atom. The maximum absolute atomic E-state index is 5.88. The molecule has 2 aliphatic heterocycles. The van der Waals surface area contributed by atoms with Crippen molar-refractivity contribution < 1.29 is 9.47 Å². The second-order valence-corrected chi connectivity index (χ2v) is 7.28. The van der Waals surface area contributed by atoms with Crippen LogP contribution >= 0.6 is 31.9 Å². The summed E-state index contributed by atoms with van der Waals surface area (Å²) in [5.41, 5.74) is 3.35. The molecule has 2 aliphatic rings. The van der Waals surface area contributed by atoms with Gasteiger partial charge in [0.2, 0.25) is 0 Å². The standard InChI is InChI=1S/C17H14Br2N2O2/c1-22-12-4-2-10(3-5-12)15-8-16-13-6-11(18)7-14(19)17(13)23-9-21(16)20-15/h2-7,16H,8-9H2,1H3/t16-/m0/s1. The Morgan fingerprint density at radius 3 is 2.74 bits per heavy atom. The van der Waals surface area contributed by atoms with Crippen molar-refractivity contribution in [1.29, 1.82) is 0 Å². The lowest BCUT2D eigenvalue weighted by atomic mass is 9.97. The molecule has 0 aliphatic carbocycles. The first kappa shape index (κ1) is 15.0. The van der Waals surface area contributed by atoms with Crippen LogP contribution in [-0.4, -0.2) is 24.6 Å². The number of ether oxygens (including phenoxy) is 2. The Labute approximate surface area is 151 Å². The van der Waals surface area contributed by atoms with Crippen LogP contribution in [-0.2, 0) is 0 Å². The molecule has 4 rings (SSSR count). The Kier molecular flexibility index (Phi) is 3.81. The van der Waals surface area contributed by atoms with Crippen LogP contribution in [0.2, 0.25) is 0 Å². The first-order chi connectivity index (χ1) is 11.2. The molecule has 0 aromatic heterocycles. The number of hydrogen-bond acceptors (Lipinski definition) is 4. The molecular weight excluding hydrogens is 424 g/mol. The van der Waals surface area contributed by atoms with Gasteiger partial charge in [0, 0.05) is 16.5 Å². The Morgan fingerprint density at radius 2 is 2.00 bits per heavy atom. The third-order valence-electron chi connectivity index (χ3n) is 4.16. The van der Waals surface area contributed by atoms with E-state index in [9.17, 15) is 0 Å². The van der Waals surface area contributed by atoms with Gasteiger partial charge >= 0.3 is 0 Å². The molecule has 1 atom stereocenters. The van der Waals surface area contributed by atoms with Crippen molar-refractivity contribution in [3.63, 3.8) is 0 Å². The van der Waals surface area contributed by atoms with Gasteiger partial charge in [0.15, 0.2) is 6.73 Å². The molecule has 4 nitrogen and oxygen atoms in total. The molecule has 0 saturated heterocycles. The quantitative estimate of drug-likeness (QED) is 0.681. The third-order valence-corrected chi connectivity index (χ3v) is 5.20. The fourth-order valence-corrected chi connectivity index (χ4v) is 4.39. The van der Waals surface area contributed by atoms with Crippen molar-refractivity contribution in [2.75, 3.05) is 13.8 Å². The van der Waals surface area contributed by atoms with Gasteiger partial charge in [-0.2, -0.15) is 5.10 Å². The van der Waals surface area contributed by atoms with Gasteiger partial charge in [0.1, 0.15) is 11.5 Å². The average molecular weight is 438 g/mol. The first-order valence-corrected chi connectivity index (χ1v) is 8.84. The van der Waals surface area contributed by atoms with Gasteiger partial charge in [-0.15, -0.1) is 0 Å². The number of fused-ring (bicyclic) bond motifs is 3. The molecule has 0 spiro atoms. The molecule has 2 heterocycles. The number of halogens is 2. The van der Waals surface area contributed by atoms with Crippen LogP contribution in [0.15, 0.2) is 50.4 Å². The highest BCUT2D eigenvalue weighted by Gasteiger charge is 2.35. The predicted molar refractivity (Wildman–Crippen MR) is 96.1 cm³/mol. The van der Waals surface area contributed by atoms with Crippen molar-refractivity contribution in [1.82, 2.24) is 5.01 Å². The van der Waals surface area contributed by atoms with Crippen molar-refractivity contribution in [2.24, 2.45) is 5.10 Å². The van der Waals surface area contributed by atoms with Crippen molar-refractivity contribution in [3.05, 3.63) is 56.5 Å². The Balaban J connectivity index is 1.66. The molecule has 6 heteroatoms. The summed E-state index contributed by atoms with van der Waals surface area (Å²) >= 11 is 7.14. The molecule has 0 fully saturated rings. The zero-order valence-electron chi connectivity index (χ0n) is 12.4. The molecule has 2 aromatic rings. The third kappa shape index (κ3) is 2.64. The molecule has 0 saturated carbocycles. The summed E-state index contributed by atoms with van der Waals surface area (Å²) in [7, 11) is 1.67. The van der Waals surface area contributed by atoms with E-state index < -0.39 is 0 Å². The minimum Gasteiger partial charge on any atom is -0.497 e. The highest BCUT2D eigenvalue weighted by atomic mass is 79.9. The second kappa shape index (κ2) is 5.83. The highest BCUT2D eigenvalue weighted by Crippen LogP contribution is 2.45. The molecule has 0 N–H and O–H groups in total. The maximum Gasteiger partial charge on any atom is 0.177 e. The lowest BCUT2D eigenvalue weighted by Crippen LogP contribution is -2.29. The molecule has 2 aromatic carbocycles. The van der Waals surface area contributed by atoms with Gasteiger partial charge < -0.3 is 9.47 Å². The highest BCUT2D eigenvalue weighted by molar-refractivity contribution is 9.11. The Bertz CT molecular complexity index is 790. The minimum absolute atomic E-state index is 0.213. The van der Waals surface area contributed by atoms with Crippen molar-refractivity contribution in [3.8, 4) is 11.5 Å². The number of hydrazone groups is 1. The molecule has 0 radical (unpaired) electrons. The summed E-state index contributed by atoms with van der Waals surface area (Å²) in [6, 6.07) is 12.4. The van der Waals surface area contributed by atoms with Crippen LogP contribution in [0.4, 0.5) is 0 Å². The predicted octanol–water partition coefficient (Wildman–Crippen LogP) is 4.72. The molecule has 0 unspecified atom stereocenters. The fourth-order valence-electron chi connectivity index (χ4n) is 3.01. The van der Waals surface area contributed by atoms with Crippen molar-refractivity contribution >= 4 is 37.6 Å². The topological polar surface area (TPSA) is 34.1 Å². The second-order valence-electron chi connectivity index (χ2n) is 5.51. The van der Waals surface area contributed by atoms with E-state index in [1.165, 1.54) is 0 Å². The van der Waals surface area contributed by atoms with Crippen LogP contribution in [0.1, 0.15) is 23.6 Å². The molecule has 118 valence electrons. The summed E-state index contributed by atoms with van der Waals surface area (Å²) in [4.78, 5) is 0. The van der Waals surface area contributed by atoms with Gasteiger partial charge in [-0.25, -0.2) is 0 Å². The molecule has 23 heavy (non-hydrogen) atoms. The van der Waals surface area contributed by atoms with Crippen LogP contribution in [0.3, 0.4) is 0 Å². The lowest BCUT2D eigenvalue weighted by Gasteiger charge is -2.31. The van der Waals surface area contributed by atoms with Crippen LogP contribution in [0, 0.1) is 0 Å². The zero-order chi connectivity index (χ0) is 16.0. The zero-order valence-corrected chi connectivity index (χ0v) is 15.6. The minimum atomic E-state index is 0.213. The van der Waals surface area contributed by atoms with Crippen LogP contribution < -0.4 is 9.47 Å². The number of benzene rings is 2. The Hall–Kier alpha value is -1.53. The number of methoxy groups -OCH3 is 1. The van der Waals surface area contributed by atoms with Gasteiger partial charge in [-0.05, 0) is 57.9 Å². The number of nitrogens with zero attached hydrogens (tertiary/aromatic N) is 2. The summed E-state index contributed by atoms with van der Waals surface area (Å²) < 4.78 is 13.1. The normalized spacial score (nSPS) is 18.8. The summed E-state index contributed by atoms with van der Waals surface area (Å²) in [5.74, 6) is 1.77. The number of rotatable bonds is 2. The smallest absolute Gasteiger partial charge is 0.177 e. The monoisotopic (exact) mass is 436 g/mol. The van der Waals surface area contributed by atoms with Gasteiger partial charge in [0.25, 0.3) is 0 Å². The molecule has 0 bridgehead atoms. The lowest BCUT2D eigenvalue weighted by molar-refractivity contribution is 0.0741. The largest absolute Gasteiger partial charge is 0.497 e. The van der Waals surface area contributed by atoms with E-state index >= 15 is 0 Å². The van der Waals surface area contributed by atoms with Crippen LogP contribution in [0.5, 0.6) is 11.5 Å². The SMILES string of the molecule is COc1ccc(C2=NN3COc4c(Br)cc(Br)cc4[C@@H]3C2)cc1. The average Bonchev–Trinajstić information content (AvgIpc) is 2.99. The van der Waals surface area contributed by atoms with E-state index in [2.05, 4.69) is 50.1 Å². The van der Waals surface area contributed by atoms with Crippen LogP contribution in [0.25, 0.3) is 0 Å². The summed E-state index contributed by atoms with van der Waals surface area (Å²) in [6.45, 7) is 0.470. The van der Waals surface area contributed by atoms with Crippen molar-refractivity contribution in [2.45, 2.75) is 12.5 Å². The summed E-state index contributed by atoms with van der Waals surface area (Å²) in [6.07, 6.45) is 0.867. The summed E-state index contributed by atoms with van der Waals surface area (Å²) in [5, 5.41) is 6.76. The van der Waals surface area contributed by atoms with E-state index in [1.807, 2.05) is 23.2 Å². The maximum atomic E-state index is 5.88. The first-order valence-electron chi connectivity index (χ1n) is 7.26. The van der Waals surface area contributed by atoms with Gasteiger partial charge in [0.05, 0.1) is 23.3 Å². The van der Waals surface area contributed by atoms with E-state index in [1.54, 1.807) is 7.11 Å². The number of hydrogen-bond donors (Lipinski definition) is 0. The molecule has 0 amide bonds. The van der Waals surface area contributed by atoms with E-state index in [0.29, 0.717) is 6.73 Å². The fraction of sp³-hybridized carbons (Fsp3) is 0.235. The van der Waals surface area contributed by atoms with Gasteiger partial charge in [-0.3, -0.25) is 5.01 Å². The van der Waals surface area contributed by atoms with E-state index in [-0.39, 0.29) is 6.04 Å².